The lowest BCUT2D eigenvalue weighted by Crippen LogP contribution is -2.37. The number of aliphatic hydroxyl groups excluding tert-OH is 2. The van der Waals surface area contributed by atoms with Crippen LogP contribution in [0.3, 0.4) is 0 Å². The highest BCUT2D eigenvalue weighted by molar-refractivity contribution is 4.73. The van der Waals surface area contributed by atoms with Crippen molar-refractivity contribution in [2.24, 2.45) is 5.92 Å². The van der Waals surface area contributed by atoms with Crippen molar-refractivity contribution in [1.29, 1.82) is 0 Å². The van der Waals surface area contributed by atoms with Gasteiger partial charge < -0.3 is 20.3 Å². The Morgan fingerprint density at radius 1 is 1.44 bits per heavy atom. The highest BCUT2D eigenvalue weighted by Crippen LogP contribution is 2.28. The zero-order valence-electron chi connectivity index (χ0n) is 10.2. The maximum atomic E-state index is 9.65. The fourth-order valence-electron chi connectivity index (χ4n) is 1.62. The molecule has 0 amide bonds. The lowest BCUT2D eigenvalue weighted by atomic mass is 10.1. The standard InChI is InChI=1S/C12H25NO3/c1-2-11(5-6-14)13-7-12(15)9-16-8-10-3-4-10/h10-15H,2-9H2,1H3. The summed E-state index contributed by atoms with van der Waals surface area (Å²) >= 11 is 0. The lowest BCUT2D eigenvalue weighted by Gasteiger charge is -2.18. The zero-order valence-corrected chi connectivity index (χ0v) is 10.2. The van der Waals surface area contributed by atoms with Crippen LogP contribution in [0, 0.1) is 5.92 Å². The van der Waals surface area contributed by atoms with Crippen LogP contribution >= 0.6 is 0 Å². The van der Waals surface area contributed by atoms with Crippen LogP contribution in [0.4, 0.5) is 0 Å². The van der Waals surface area contributed by atoms with Gasteiger partial charge in [0, 0.05) is 25.8 Å². The Kier molecular flexibility index (Phi) is 6.96. The summed E-state index contributed by atoms with van der Waals surface area (Å²) in [6, 6.07) is 0.295. The average Bonchev–Trinajstić information content (AvgIpc) is 3.08. The molecule has 4 heteroatoms. The molecule has 1 aliphatic rings. The number of aliphatic hydroxyl groups is 2. The minimum Gasteiger partial charge on any atom is -0.396 e. The number of nitrogens with one attached hydrogen (secondary N) is 1. The van der Waals surface area contributed by atoms with Crippen molar-refractivity contribution >= 4 is 0 Å². The van der Waals surface area contributed by atoms with Gasteiger partial charge in [-0.3, -0.25) is 0 Å². The lowest BCUT2D eigenvalue weighted by molar-refractivity contribution is 0.0308. The number of hydrogen-bond acceptors (Lipinski definition) is 4. The first kappa shape index (κ1) is 13.9. The van der Waals surface area contributed by atoms with Crippen LogP contribution in [0.1, 0.15) is 32.6 Å². The third-order valence-corrected chi connectivity index (χ3v) is 2.97. The van der Waals surface area contributed by atoms with E-state index >= 15 is 0 Å². The molecule has 0 heterocycles. The molecule has 2 atom stereocenters. The van der Waals surface area contributed by atoms with Gasteiger partial charge in [0.1, 0.15) is 0 Å². The van der Waals surface area contributed by atoms with E-state index in [0.29, 0.717) is 19.2 Å². The van der Waals surface area contributed by atoms with Gasteiger partial charge in [0.25, 0.3) is 0 Å². The van der Waals surface area contributed by atoms with Gasteiger partial charge in [-0.25, -0.2) is 0 Å². The fourth-order valence-corrected chi connectivity index (χ4v) is 1.62. The summed E-state index contributed by atoms with van der Waals surface area (Å²) in [6.45, 7) is 4.02. The molecule has 96 valence electrons. The first-order chi connectivity index (χ1) is 7.76. The summed E-state index contributed by atoms with van der Waals surface area (Å²) in [5, 5.41) is 21.7. The molecule has 3 N–H and O–H groups in total. The van der Waals surface area contributed by atoms with Crippen LogP contribution in [-0.4, -0.2) is 48.7 Å². The molecule has 1 saturated carbocycles. The van der Waals surface area contributed by atoms with Gasteiger partial charge in [-0.05, 0) is 31.6 Å². The van der Waals surface area contributed by atoms with Crippen molar-refractivity contribution < 1.29 is 14.9 Å². The maximum absolute atomic E-state index is 9.65. The topological polar surface area (TPSA) is 61.7 Å². The molecule has 0 radical (unpaired) electrons. The third-order valence-electron chi connectivity index (χ3n) is 2.97. The Labute approximate surface area is 98.0 Å². The Bertz CT molecular complexity index is 174. The van der Waals surface area contributed by atoms with Crippen LogP contribution in [-0.2, 0) is 4.74 Å². The van der Waals surface area contributed by atoms with Gasteiger partial charge in [0.15, 0.2) is 0 Å². The molecule has 0 saturated heterocycles. The molecule has 1 aliphatic carbocycles. The second kappa shape index (κ2) is 8.01. The van der Waals surface area contributed by atoms with Crippen LogP contribution in [0.5, 0.6) is 0 Å². The molecule has 4 nitrogen and oxygen atoms in total. The molecular weight excluding hydrogens is 206 g/mol. The van der Waals surface area contributed by atoms with E-state index in [4.69, 9.17) is 9.84 Å². The minimum atomic E-state index is -0.438. The molecule has 1 rings (SSSR count). The molecule has 2 unspecified atom stereocenters. The van der Waals surface area contributed by atoms with Crippen LogP contribution in [0.2, 0.25) is 0 Å². The van der Waals surface area contributed by atoms with Gasteiger partial charge >= 0.3 is 0 Å². The summed E-state index contributed by atoms with van der Waals surface area (Å²) in [4.78, 5) is 0. The van der Waals surface area contributed by atoms with Crippen LogP contribution in [0.15, 0.2) is 0 Å². The van der Waals surface area contributed by atoms with Crippen molar-refractivity contribution in [3.05, 3.63) is 0 Å². The van der Waals surface area contributed by atoms with Gasteiger partial charge in [0.2, 0.25) is 0 Å². The number of rotatable bonds is 10. The normalized spacial score (nSPS) is 19.7. The fraction of sp³-hybridized carbons (Fsp3) is 1.00. The zero-order chi connectivity index (χ0) is 11.8. The van der Waals surface area contributed by atoms with Crippen molar-refractivity contribution in [3.8, 4) is 0 Å². The van der Waals surface area contributed by atoms with Crippen molar-refractivity contribution in [1.82, 2.24) is 5.32 Å². The monoisotopic (exact) mass is 231 g/mol. The molecule has 0 aliphatic heterocycles. The summed E-state index contributed by atoms with van der Waals surface area (Å²) in [5.41, 5.74) is 0. The van der Waals surface area contributed by atoms with Crippen molar-refractivity contribution in [3.63, 3.8) is 0 Å². The largest absolute Gasteiger partial charge is 0.396 e. The number of ether oxygens (including phenoxy) is 1. The van der Waals surface area contributed by atoms with E-state index < -0.39 is 6.10 Å². The van der Waals surface area contributed by atoms with E-state index in [0.717, 1.165) is 25.4 Å². The Morgan fingerprint density at radius 2 is 2.19 bits per heavy atom. The first-order valence-electron chi connectivity index (χ1n) is 6.36. The van der Waals surface area contributed by atoms with E-state index in [-0.39, 0.29) is 6.61 Å². The summed E-state index contributed by atoms with van der Waals surface area (Å²) in [5.74, 6) is 0.748. The molecule has 0 aromatic rings. The predicted octanol–water partition coefficient (Wildman–Crippen LogP) is 0.524. The van der Waals surface area contributed by atoms with Gasteiger partial charge in [-0.2, -0.15) is 0 Å². The summed E-state index contributed by atoms with van der Waals surface area (Å²) < 4.78 is 5.41. The van der Waals surface area contributed by atoms with E-state index in [1.807, 2.05) is 0 Å². The van der Waals surface area contributed by atoms with Gasteiger partial charge in [0.05, 0.1) is 12.7 Å². The van der Waals surface area contributed by atoms with E-state index in [9.17, 15) is 5.11 Å². The molecule has 16 heavy (non-hydrogen) atoms. The van der Waals surface area contributed by atoms with E-state index in [1.165, 1.54) is 12.8 Å². The van der Waals surface area contributed by atoms with Gasteiger partial charge in [-0.1, -0.05) is 6.92 Å². The highest BCUT2D eigenvalue weighted by Gasteiger charge is 2.21. The van der Waals surface area contributed by atoms with Crippen molar-refractivity contribution in [2.45, 2.75) is 44.8 Å². The molecular formula is C12H25NO3. The SMILES string of the molecule is CCC(CCO)NCC(O)COCC1CC1. The van der Waals surface area contributed by atoms with E-state index in [1.54, 1.807) is 0 Å². The highest BCUT2D eigenvalue weighted by atomic mass is 16.5. The predicted molar refractivity (Wildman–Crippen MR) is 63.3 cm³/mol. The minimum absolute atomic E-state index is 0.194. The maximum Gasteiger partial charge on any atom is 0.0897 e. The third kappa shape index (κ3) is 6.43. The van der Waals surface area contributed by atoms with Gasteiger partial charge in [-0.15, -0.1) is 0 Å². The molecule has 0 spiro atoms. The molecule has 0 aromatic heterocycles. The smallest absolute Gasteiger partial charge is 0.0897 e. The summed E-state index contributed by atoms with van der Waals surface area (Å²) in [7, 11) is 0. The molecule has 0 bridgehead atoms. The second-order valence-electron chi connectivity index (χ2n) is 4.66. The number of hydrogen-bond donors (Lipinski definition) is 3. The average molecular weight is 231 g/mol. The quantitative estimate of drug-likeness (QED) is 0.513. The first-order valence-corrected chi connectivity index (χ1v) is 6.36. The Hall–Kier alpha value is -0.160. The second-order valence-corrected chi connectivity index (χ2v) is 4.66. The molecule has 1 fully saturated rings. The summed E-state index contributed by atoms with van der Waals surface area (Å²) in [6.07, 6.45) is 3.83. The van der Waals surface area contributed by atoms with Crippen LogP contribution in [0.25, 0.3) is 0 Å². The van der Waals surface area contributed by atoms with Crippen LogP contribution < -0.4 is 5.32 Å². The molecule has 0 aromatic carbocycles. The Balaban J connectivity index is 1.96. The van der Waals surface area contributed by atoms with E-state index in [2.05, 4.69) is 12.2 Å². The Morgan fingerprint density at radius 3 is 2.75 bits per heavy atom. The van der Waals surface area contributed by atoms with Crippen molar-refractivity contribution in [2.75, 3.05) is 26.4 Å².